The van der Waals surface area contributed by atoms with Gasteiger partial charge >= 0.3 is 12.1 Å². The van der Waals surface area contributed by atoms with Crippen LogP contribution in [0.15, 0.2) is 42.5 Å². The minimum atomic E-state index is -0.566. The SMILES string of the molecule is CC(C)CCC/C=C/C(=O)N(CCCCCNC(=O)OC(C)(C)C)OC(=O)c1ccccc1. The van der Waals surface area contributed by atoms with Crippen LogP contribution in [-0.4, -0.2) is 41.7 Å². The normalized spacial score (nSPS) is 11.5. The van der Waals surface area contributed by atoms with E-state index < -0.39 is 17.7 Å². The van der Waals surface area contributed by atoms with Gasteiger partial charge in [0.1, 0.15) is 5.60 Å². The second-order valence-electron chi connectivity index (χ2n) is 9.40. The van der Waals surface area contributed by atoms with Gasteiger partial charge in [0.25, 0.3) is 5.91 Å². The standard InChI is InChI=1S/C26H40N2O5/c1-21(2)15-9-6-12-18-23(29)28(33-24(30)22-16-10-7-11-17-22)20-14-8-13-19-27-25(31)32-26(3,4)5/h7,10-12,16-18,21H,6,8-9,13-15,19-20H2,1-5H3,(H,27,31)/b18-12+. The molecule has 0 unspecified atom stereocenters. The highest BCUT2D eigenvalue weighted by molar-refractivity contribution is 5.92. The number of alkyl carbamates (subject to hydrolysis) is 1. The molecule has 33 heavy (non-hydrogen) atoms. The molecule has 7 heteroatoms. The van der Waals surface area contributed by atoms with E-state index in [0.29, 0.717) is 24.4 Å². The first kappa shape index (κ1) is 28.2. The fraction of sp³-hybridized carbons (Fsp3) is 0.577. The first-order valence-corrected chi connectivity index (χ1v) is 11.8. The van der Waals surface area contributed by atoms with Crippen LogP contribution in [0.3, 0.4) is 0 Å². The lowest BCUT2D eigenvalue weighted by atomic mass is 10.1. The molecule has 184 valence electrons. The second-order valence-corrected chi connectivity index (χ2v) is 9.40. The number of nitrogens with zero attached hydrogens (tertiary/aromatic N) is 1. The highest BCUT2D eigenvalue weighted by Crippen LogP contribution is 2.10. The van der Waals surface area contributed by atoms with Crippen LogP contribution in [-0.2, 0) is 14.4 Å². The van der Waals surface area contributed by atoms with E-state index in [2.05, 4.69) is 19.2 Å². The molecule has 0 aliphatic rings. The molecule has 0 radical (unpaired) electrons. The number of hydroxylamine groups is 2. The van der Waals surface area contributed by atoms with Crippen molar-refractivity contribution in [2.24, 2.45) is 5.92 Å². The molecule has 0 bridgehead atoms. The summed E-state index contributed by atoms with van der Waals surface area (Å²) in [4.78, 5) is 42.1. The molecule has 7 nitrogen and oxygen atoms in total. The zero-order valence-corrected chi connectivity index (χ0v) is 20.8. The summed E-state index contributed by atoms with van der Waals surface area (Å²) >= 11 is 0. The van der Waals surface area contributed by atoms with Gasteiger partial charge in [-0.15, -0.1) is 0 Å². The lowest BCUT2D eigenvalue weighted by Gasteiger charge is -2.20. The number of unbranched alkanes of at least 4 members (excludes halogenated alkanes) is 3. The Labute approximate surface area is 198 Å². The number of amides is 2. The van der Waals surface area contributed by atoms with Crippen molar-refractivity contribution in [2.75, 3.05) is 13.1 Å². The van der Waals surface area contributed by atoms with Crippen molar-refractivity contribution in [2.45, 2.75) is 78.7 Å². The molecule has 0 aliphatic heterocycles. The van der Waals surface area contributed by atoms with E-state index in [0.717, 1.165) is 37.2 Å². The molecule has 0 saturated carbocycles. The maximum atomic E-state index is 12.6. The first-order chi connectivity index (χ1) is 15.6. The molecular weight excluding hydrogens is 420 g/mol. The highest BCUT2D eigenvalue weighted by atomic mass is 16.7. The van der Waals surface area contributed by atoms with Gasteiger partial charge in [0.15, 0.2) is 0 Å². The molecule has 0 spiro atoms. The third kappa shape index (κ3) is 14.0. The summed E-state index contributed by atoms with van der Waals surface area (Å²) < 4.78 is 5.20. The molecule has 0 aliphatic carbocycles. The van der Waals surface area contributed by atoms with Crippen molar-refractivity contribution in [3.05, 3.63) is 48.0 Å². The van der Waals surface area contributed by atoms with Crippen LogP contribution in [0.2, 0.25) is 0 Å². The van der Waals surface area contributed by atoms with Gasteiger partial charge in [-0.2, -0.15) is 5.06 Å². The molecule has 0 saturated heterocycles. The third-order valence-electron chi connectivity index (χ3n) is 4.57. The average Bonchev–Trinajstić information content (AvgIpc) is 2.73. The van der Waals surface area contributed by atoms with Gasteiger partial charge in [-0.3, -0.25) is 4.79 Å². The molecule has 1 rings (SSSR count). The maximum Gasteiger partial charge on any atom is 0.407 e. The Morgan fingerprint density at radius 3 is 2.36 bits per heavy atom. The topological polar surface area (TPSA) is 84.9 Å². The Hall–Kier alpha value is -2.83. The predicted molar refractivity (Wildman–Crippen MR) is 129 cm³/mol. The highest BCUT2D eigenvalue weighted by Gasteiger charge is 2.18. The van der Waals surface area contributed by atoms with Gasteiger partial charge in [-0.05, 0) is 70.9 Å². The Kier molecular flexibility index (Phi) is 12.9. The molecule has 1 aromatic carbocycles. The molecule has 0 aromatic heterocycles. The molecule has 1 N–H and O–H groups in total. The predicted octanol–water partition coefficient (Wildman–Crippen LogP) is 5.66. The van der Waals surface area contributed by atoms with E-state index in [-0.39, 0.29) is 12.5 Å². The van der Waals surface area contributed by atoms with Crippen molar-refractivity contribution >= 4 is 18.0 Å². The summed E-state index contributed by atoms with van der Waals surface area (Å²) in [5.74, 6) is -0.290. The molecular formula is C26H40N2O5. The first-order valence-electron chi connectivity index (χ1n) is 11.8. The quantitative estimate of drug-likeness (QED) is 0.247. The summed E-state index contributed by atoms with van der Waals surface area (Å²) in [5, 5.41) is 3.83. The molecule has 2 amide bonds. The van der Waals surface area contributed by atoms with Gasteiger partial charge in [0, 0.05) is 12.6 Å². The average molecular weight is 461 g/mol. The summed E-state index contributed by atoms with van der Waals surface area (Å²) in [5.41, 5.74) is -0.145. The van der Waals surface area contributed by atoms with Gasteiger partial charge in [0.2, 0.25) is 0 Å². The number of allylic oxidation sites excluding steroid dienone is 1. The molecule has 0 fully saturated rings. The van der Waals surface area contributed by atoms with Crippen LogP contribution in [0.25, 0.3) is 0 Å². The van der Waals surface area contributed by atoms with Crippen molar-refractivity contribution in [3.63, 3.8) is 0 Å². The maximum absolute atomic E-state index is 12.6. The van der Waals surface area contributed by atoms with E-state index in [1.807, 2.05) is 32.9 Å². The number of hydrogen-bond acceptors (Lipinski definition) is 5. The van der Waals surface area contributed by atoms with Crippen LogP contribution in [0.4, 0.5) is 4.79 Å². The van der Waals surface area contributed by atoms with Crippen molar-refractivity contribution in [3.8, 4) is 0 Å². The van der Waals surface area contributed by atoms with Crippen LogP contribution < -0.4 is 5.32 Å². The Balaban J connectivity index is 2.52. The number of carbonyl (C=O) groups excluding carboxylic acids is 3. The van der Waals surface area contributed by atoms with Crippen LogP contribution in [0.1, 0.15) is 83.5 Å². The minimum absolute atomic E-state index is 0.278. The Bertz CT molecular complexity index is 754. The van der Waals surface area contributed by atoms with E-state index in [9.17, 15) is 14.4 Å². The largest absolute Gasteiger partial charge is 0.444 e. The number of hydrogen-bond donors (Lipinski definition) is 1. The summed E-state index contributed by atoms with van der Waals surface area (Å²) in [7, 11) is 0. The number of rotatable bonds is 12. The number of benzene rings is 1. The second kappa shape index (κ2) is 15.1. The van der Waals surface area contributed by atoms with Crippen LogP contribution in [0.5, 0.6) is 0 Å². The van der Waals surface area contributed by atoms with Crippen molar-refractivity contribution < 1.29 is 24.0 Å². The number of carbonyl (C=O) groups is 3. The Morgan fingerprint density at radius 1 is 1.03 bits per heavy atom. The smallest absolute Gasteiger partial charge is 0.407 e. The van der Waals surface area contributed by atoms with E-state index >= 15 is 0 Å². The molecule has 1 aromatic rings. The summed E-state index contributed by atoms with van der Waals surface area (Å²) in [6, 6.07) is 8.60. The van der Waals surface area contributed by atoms with Crippen LogP contribution >= 0.6 is 0 Å². The zero-order valence-electron chi connectivity index (χ0n) is 20.8. The van der Waals surface area contributed by atoms with Gasteiger partial charge in [-0.1, -0.05) is 44.5 Å². The lowest BCUT2D eigenvalue weighted by molar-refractivity contribution is -0.161. The van der Waals surface area contributed by atoms with Gasteiger partial charge in [-0.25, -0.2) is 9.59 Å². The lowest BCUT2D eigenvalue weighted by Crippen LogP contribution is -2.34. The number of ether oxygens (including phenoxy) is 1. The number of nitrogens with one attached hydrogen (secondary N) is 1. The van der Waals surface area contributed by atoms with Gasteiger partial charge in [0.05, 0.1) is 12.1 Å². The third-order valence-corrected chi connectivity index (χ3v) is 4.57. The summed E-state index contributed by atoms with van der Waals surface area (Å²) in [6.45, 7) is 10.5. The fourth-order valence-electron chi connectivity index (χ4n) is 2.90. The monoisotopic (exact) mass is 460 g/mol. The van der Waals surface area contributed by atoms with E-state index in [1.165, 1.54) is 6.08 Å². The molecule has 0 atom stereocenters. The van der Waals surface area contributed by atoms with Gasteiger partial charge < -0.3 is 14.9 Å². The summed E-state index contributed by atoms with van der Waals surface area (Å²) in [6.07, 6.45) is 7.88. The minimum Gasteiger partial charge on any atom is -0.444 e. The van der Waals surface area contributed by atoms with Crippen molar-refractivity contribution in [1.29, 1.82) is 0 Å². The van der Waals surface area contributed by atoms with E-state index in [4.69, 9.17) is 9.57 Å². The fourth-order valence-corrected chi connectivity index (χ4v) is 2.90. The van der Waals surface area contributed by atoms with E-state index in [1.54, 1.807) is 24.3 Å². The Morgan fingerprint density at radius 2 is 1.73 bits per heavy atom. The molecule has 0 heterocycles. The van der Waals surface area contributed by atoms with Crippen molar-refractivity contribution in [1.82, 2.24) is 10.4 Å². The zero-order chi connectivity index (χ0) is 24.7. The van der Waals surface area contributed by atoms with Crippen LogP contribution in [0, 0.1) is 5.92 Å².